The van der Waals surface area contributed by atoms with Crippen LogP contribution in [0.4, 0.5) is 0 Å². The third-order valence-corrected chi connectivity index (χ3v) is 3.52. The zero-order chi connectivity index (χ0) is 13.7. The molecule has 2 heteroatoms. The van der Waals surface area contributed by atoms with E-state index in [1.165, 1.54) is 36.8 Å². The fraction of sp³-hybridized carbons (Fsp3) is 0.529. The van der Waals surface area contributed by atoms with Gasteiger partial charge in [-0.15, -0.1) is 0 Å². The molecule has 104 valence electrons. The molecule has 1 aliphatic rings. The van der Waals surface area contributed by atoms with Gasteiger partial charge in [-0.25, -0.2) is 0 Å². The lowest BCUT2D eigenvalue weighted by molar-refractivity contribution is 0.346. The van der Waals surface area contributed by atoms with Crippen molar-refractivity contribution in [2.45, 2.75) is 45.6 Å². The van der Waals surface area contributed by atoms with E-state index in [2.05, 4.69) is 43.9 Å². The van der Waals surface area contributed by atoms with Gasteiger partial charge in [-0.1, -0.05) is 26.5 Å². The molecule has 0 heterocycles. The first-order valence-corrected chi connectivity index (χ1v) is 7.30. The van der Waals surface area contributed by atoms with Gasteiger partial charge in [-0.2, -0.15) is 0 Å². The first kappa shape index (κ1) is 14.1. The second-order valence-electron chi connectivity index (χ2n) is 5.71. The van der Waals surface area contributed by atoms with Crippen LogP contribution in [0.3, 0.4) is 0 Å². The zero-order valence-electron chi connectivity index (χ0n) is 12.2. The molecule has 0 fully saturated rings. The molecule has 0 spiro atoms. The van der Waals surface area contributed by atoms with E-state index in [1.54, 1.807) is 0 Å². The monoisotopic (exact) mass is 259 g/mol. The summed E-state index contributed by atoms with van der Waals surface area (Å²) in [6.45, 7) is 9.73. The molecule has 0 atom stereocenters. The van der Waals surface area contributed by atoms with E-state index in [4.69, 9.17) is 4.74 Å². The molecule has 1 aromatic carbocycles. The zero-order valence-corrected chi connectivity index (χ0v) is 12.2. The molecule has 0 radical (unpaired) electrons. The molecule has 0 unspecified atom stereocenters. The van der Waals surface area contributed by atoms with E-state index in [-0.39, 0.29) is 0 Å². The van der Waals surface area contributed by atoms with Crippen LogP contribution in [0.15, 0.2) is 30.4 Å². The first-order valence-electron chi connectivity index (χ1n) is 7.30. The number of hydrogen-bond donors (Lipinski definition) is 1. The van der Waals surface area contributed by atoms with Crippen molar-refractivity contribution in [1.82, 2.24) is 5.32 Å². The highest BCUT2D eigenvalue weighted by atomic mass is 16.5. The van der Waals surface area contributed by atoms with E-state index in [9.17, 15) is 0 Å². The lowest BCUT2D eigenvalue weighted by atomic mass is 9.92. The van der Waals surface area contributed by atoms with E-state index < -0.39 is 0 Å². The lowest BCUT2D eigenvalue weighted by Crippen LogP contribution is -2.26. The fourth-order valence-electron chi connectivity index (χ4n) is 2.38. The molecule has 0 saturated heterocycles. The molecular weight excluding hydrogens is 234 g/mol. The van der Waals surface area contributed by atoms with Crippen molar-refractivity contribution in [1.29, 1.82) is 0 Å². The quantitative estimate of drug-likeness (QED) is 0.790. The van der Waals surface area contributed by atoms with Gasteiger partial charge in [-0.05, 0) is 54.5 Å². The summed E-state index contributed by atoms with van der Waals surface area (Å²) >= 11 is 0. The Balaban J connectivity index is 1.84. The maximum Gasteiger partial charge on any atom is 0.120 e. The van der Waals surface area contributed by atoms with Gasteiger partial charge in [-0.3, -0.25) is 0 Å². The summed E-state index contributed by atoms with van der Waals surface area (Å²) in [5.41, 5.74) is 4.06. The average Bonchev–Trinajstić information content (AvgIpc) is 2.42. The van der Waals surface area contributed by atoms with Crippen molar-refractivity contribution >= 4 is 0 Å². The highest BCUT2D eigenvalue weighted by Crippen LogP contribution is 2.25. The average molecular weight is 259 g/mol. The van der Waals surface area contributed by atoms with Crippen LogP contribution in [-0.2, 0) is 12.8 Å². The van der Waals surface area contributed by atoms with Crippen molar-refractivity contribution in [3.63, 3.8) is 0 Å². The van der Waals surface area contributed by atoms with Crippen LogP contribution in [0.1, 0.15) is 37.8 Å². The highest BCUT2D eigenvalue weighted by molar-refractivity contribution is 5.37. The van der Waals surface area contributed by atoms with Crippen molar-refractivity contribution in [2.75, 3.05) is 13.2 Å². The summed E-state index contributed by atoms with van der Waals surface area (Å²) in [6, 6.07) is 7.00. The summed E-state index contributed by atoms with van der Waals surface area (Å²) in [7, 11) is 0. The van der Waals surface area contributed by atoms with Crippen LogP contribution in [0.2, 0.25) is 0 Å². The number of nitrogens with one attached hydrogen (secondary N) is 1. The van der Waals surface area contributed by atoms with Gasteiger partial charge in [0, 0.05) is 12.6 Å². The minimum atomic E-state index is 0.487. The number of benzene rings is 1. The lowest BCUT2D eigenvalue weighted by Gasteiger charge is -2.17. The molecular formula is C17H25NO. The molecule has 0 amide bonds. The Morgan fingerprint density at radius 2 is 2.00 bits per heavy atom. The number of rotatable bonds is 6. The minimum Gasteiger partial charge on any atom is -0.489 e. The normalized spacial score (nSPS) is 14.3. The second-order valence-corrected chi connectivity index (χ2v) is 5.71. The van der Waals surface area contributed by atoms with Gasteiger partial charge in [0.2, 0.25) is 0 Å². The maximum atomic E-state index is 5.83. The molecule has 1 aliphatic carbocycles. The molecule has 0 aromatic heterocycles. The third-order valence-electron chi connectivity index (χ3n) is 3.52. The summed E-state index contributed by atoms with van der Waals surface area (Å²) < 4.78 is 5.83. The Morgan fingerprint density at radius 3 is 2.74 bits per heavy atom. The van der Waals surface area contributed by atoms with Gasteiger partial charge in [0.05, 0.1) is 0 Å². The smallest absolute Gasteiger partial charge is 0.120 e. The predicted molar refractivity (Wildman–Crippen MR) is 80.9 cm³/mol. The van der Waals surface area contributed by atoms with Gasteiger partial charge in [0.1, 0.15) is 12.4 Å². The van der Waals surface area contributed by atoms with Crippen LogP contribution >= 0.6 is 0 Å². The van der Waals surface area contributed by atoms with E-state index in [1.807, 2.05) is 0 Å². The number of aryl methyl sites for hydroxylation is 2. The van der Waals surface area contributed by atoms with Crippen molar-refractivity contribution in [2.24, 2.45) is 0 Å². The summed E-state index contributed by atoms with van der Waals surface area (Å²) in [4.78, 5) is 0. The number of fused-ring (bicyclic) bond motifs is 1. The number of ether oxygens (including phenoxy) is 1. The topological polar surface area (TPSA) is 21.3 Å². The van der Waals surface area contributed by atoms with Crippen LogP contribution in [0.25, 0.3) is 0 Å². The summed E-state index contributed by atoms with van der Waals surface area (Å²) in [5, 5.41) is 3.35. The second kappa shape index (κ2) is 6.76. The van der Waals surface area contributed by atoms with E-state index in [0.717, 1.165) is 17.9 Å². The van der Waals surface area contributed by atoms with E-state index in [0.29, 0.717) is 12.6 Å². The molecule has 0 saturated carbocycles. The van der Waals surface area contributed by atoms with Crippen molar-refractivity contribution < 1.29 is 4.74 Å². The molecule has 2 nitrogen and oxygen atoms in total. The van der Waals surface area contributed by atoms with Crippen LogP contribution in [-0.4, -0.2) is 19.2 Å². The van der Waals surface area contributed by atoms with Gasteiger partial charge in [0.25, 0.3) is 0 Å². The van der Waals surface area contributed by atoms with Crippen LogP contribution in [0.5, 0.6) is 5.75 Å². The molecule has 0 bridgehead atoms. The van der Waals surface area contributed by atoms with Crippen LogP contribution in [0, 0.1) is 0 Å². The molecule has 19 heavy (non-hydrogen) atoms. The Morgan fingerprint density at radius 1 is 1.26 bits per heavy atom. The largest absolute Gasteiger partial charge is 0.489 e. The highest BCUT2D eigenvalue weighted by Gasteiger charge is 2.09. The third kappa shape index (κ3) is 4.39. The minimum absolute atomic E-state index is 0.487. The SMILES string of the molecule is C=C(CNC(C)C)COc1ccc2c(c1)CCCC2. The maximum absolute atomic E-state index is 5.83. The molecule has 1 aromatic rings. The Bertz CT molecular complexity index is 437. The Kier molecular flexibility index (Phi) is 5.03. The molecule has 0 aliphatic heterocycles. The fourth-order valence-corrected chi connectivity index (χ4v) is 2.38. The van der Waals surface area contributed by atoms with Gasteiger partial charge >= 0.3 is 0 Å². The van der Waals surface area contributed by atoms with Gasteiger partial charge < -0.3 is 10.1 Å². The Hall–Kier alpha value is -1.28. The van der Waals surface area contributed by atoms with Crippen molar-refractivity contribution in [3.8, 4) is 5.75 Å². The first-order chi connectivity index (χ1) is 9.15. The number of hydrogen-bond acceptors (Lipinski definition) is 2. The summed E-state index contributed by atoms with van der Waals surface area (Å²) in [5.74, 6) is 0.978. The standard InChI is InChI=1S/C17H25NO/c1-13(2)18-11-14(3)12-19-17-9-8-15-6-4-5-7-16(15)10-17/h8-10,13,18H,3-7,11-12H2,1-2H3. The van der Waals surface area contributed by atoms with Gasteiger partial charge in [0.15, 0.2) is 0 Å². The van der Waals surface area contributed by atoms with Crippen LogP contribution < -0.4 is 10.1 Å². The molecule has 1 N–H and O–H groups in total. The predicted octanol–water partition coefficient (Wildman–Crippen LogP) is 3.50. The Labute approximate surface area is 116 Å². The van der Waals surface area contributed by atoms with Crippen molar-refractivity contribution in [3.05, 3.63) is 41.5 Å². The molecule has 2 rings (SSSR count). The summed E-state index contributed by atoms with van der Waals surface area (Å²) in [6.07, 6.45) is 5.05. The van der Waals surface area contributed by atoms with E-state index >= 15 is 0 Å².